The molecule has 1 aromatic rings. The van der Waals surface area contributed by atoms with Gasteiger partial charge in [0, 0.05) is 24.9 Å². The van der Waals surface area contributed by atoms with E-state index in [1.165, 1.54) is 0 Å². The van der Waals surface area contributed by atoms with Crippen molar-refractivity contribution in [1.29, 1.82) is 0 Å². The molecule has 0 amide bonds. The van der Waals surface area contributed by atoms with Crippen LogP contribution in [0.1, 0.15) is 65.0 Å². The van der Waals surface area contributed by atoms with Crippen LogP contribution in [0.2, 0.25) is 0 Å². The summed E-state index contributed by atoms with van der Waals surface area (Å²) in [4.78, 5) is 0. The number of sulfonamides is 1. The van der Waals surface area contributed by atoms with Crippen molar-refractivity contribution >= 4 is 10.0 Å². The summed E-state index contributed by atoms with van der Waals surface area (Å²) in [7, 11) is -3.24. The van der Waals surface area contributed by atoms with Gasteiger partial charge in [0.25, 0.3) is 0 Å². The summed E-state index contributed by atoms with van der Waals surface area (Å²) < 4.78 is 29.5. The van der Waals surface area contributed by atoms with Crippen LogP contribution in [0, 0.1) is 5.41 Å². The van der Waals surface area contributed by atoms with Gasteiger partial charge in [0.15, 0.2) is 0 Å². The fraction of sp³-hybridized carbons (Fsp3) is 0.867. The van der Waals surface area contributed by atoms with Gasteiger partial charge in [-0.05, 0) is 18.3 Å². The average molecular weight is 328 g/mol. The van der Waals surface area contributed by atoms with Gasteiger partial charge in [0.05, 0.1) is 5.75 Å². The van der Waals surface area contributed by atoms with E-state index >= 15 is 0 Å². The topological polar surface area (TPSA) is 76.9 Å². The molecule has 6 nitrogen and oxygen atoms in total. The molecule has 126 valence electrons. The second-order valence-electron chi connectivity index (χ2n) is 7.72. The molecule has 7 heteroatoms. The number of hydrogen-bond acceptors (Lipinski definition) is 4. The Hall–Kier alpha value is -0.950. The quantitative estimate of drug-likeness (QED) is 0.897. The second kappa shape index (κ2) is 6.28. The molecule has 0 bridgehead atoms. The molecule has 0 radical (unpaired) electrons. The number of aromatic nitrogens is 3. The van der Waals surface area contributed by atoms with Crippen molar-refractivity contribution in [3.05, 3.63) is 11.6 Å². The van der Waals surface area contributed by atoms with Crippen molar-refractivity contribution in [3.8, 4) is 0 Å². The molecule has 2 heterocycles. The largest absolute Gasteiger partial charge is 0.313 e. The lowest BCUT2D eigenvalue weighted by molar-refractivity contribution is 0.388. The van der Waals surface area contributed by atoms with Crippen molar-refractivity contribution in [3.63, 3.8) is 0 Å². The molecule has 0 saturated carbocycles. The van der Waals surface area contributed by atoms with Crippen molar-refractivity contribution in [2.75, 3.05) is 5.75 Å². The minimum atomic E-state index is -3.24. The van der Waals surface area contributed by atoms with E-state index in [9.17, 15) is 8.42 Å². The highest BCUT2D eigenvalue weighted by Crippen LogP contribution is 2.22. The van der Waals surface area contributed by atoms with E-state index in [1.54, 1.807) is 0 Å². The van der Waals surface area contributed by atoms with Crippen molar-refractivity contribution in [2.45, 2.75) is 72.4 Å². The lowest BCUT2D eigenvalue weighted by Gasteiger charge is -2.26. The van der Waals surface area contributed by atoms with Crippen LogP contribution >= 0.6 is 0 Å². The first-order valence-corrected chi connectivity index (χ1v) is 9.64. The molecule has 1 N–H and O–H groups in total. The third kappa shape index (κ3) is 4.52. The van der Waals surface area contributed by atoms with E-state index < -0.39 is 10.0 Å². The normalized spacial score (nSPS) is 19.5. The standard InChI is InChI=1S/C15H28N4O2S/c1-11(2)14-17-16-13-7-6-12(10-19(13)14)18-22(20,21)9-8-15(3,4)5/h11-12,18H,6-10H2,1-5H3. The Bertz CT molecular complexity index is 614. The third-order valence-corrected chi connectivity index (χ3v) is 5.39. The minimum Gasteiger partial charge on any atom is -0.313 e. The molecular weight excluding hydrogens is 300 g/mol. The summed E-state index contributed by atoms with van der Waals surface area (Å²) in [6, 6.07) is -0.0639. The second-order valence-corrected chi connectivity index (χ2v) is 9.60. The van der Waals surface area contributed by atoms with Crippen LogP contribution in [-0.2, 0) is 23.0 Å². The van der Waals surface area contributed by atoms with Gasteiger partial charge in [-0.3, -0.25) is 0 Å². The van der Waals surface area contributed by atoms with Crippen LogP contribution in [0.5, 0.6) is 0 Å². The molecule has 0 saturated heterocycles. The van der Waals surface area contributed by atoms with Crippen LogP contribution in [0.25, 0.3) is 0 Å². The van der Waals surface area contributed by atoms with E-state index in [2.05, 4.69) is 54.1 Å². The SMILES string of the molecule is CC(C)c1nnc2n1CC(NS(=O)(=O)CCC(C)(C)C)CC2. The van der Waals surface area contributed by atoms with Crippen molar-refractivity contribution in [2.24, 2.45) is 5.41 Å². The predicted molar refractivity (Wildman–Crippen MR) is 87.2 cm³/mol. The third-order valence-electron chi connectivity index (χ3n) is 3.96. The lowest BCUT2D eigenvalue weighted by atomic mass is 9.94. The number of nitrogens with one attached hydrogen (secondary N) is 1. The number of nitrogens with zero attached hydrogens (tertiary/aromatic N) is 3. The Morgan fingerprint density at radius 3 is 2.59 bits per heavy atom. The van der Waals surface area contributed by atoms with Crippen molar-refractivity contribution < 1.29 is 8.42 Å². The molecule has 1 aromatic heterocycles. The van der Waals surface area contributed by atoms with Gasteiger partial charge < -0.3 is 4.57 Å². The summed E-state index contributed by atoms with van der Waals surface area (Å²) in [6.07, 6.45) is 2.21. The summed E-state index contributed by atoms with van der Waals surface area (Å²) in [5.74, 6) is 2.37. The molecule has 0 fully saturated rings. The smallest absolute Gasteiger partial charge is 0.211 e. The number of hydrogen-bond donors (Lipinski definition) is 1. The summed E-state index contributed by atoms with van der Waals surface area (Å²) in [5.41, 5.74) is 0.0214. The molecular formula is C15H28N4O2S. The monoisotopic (exact) mass is 328 g/mol. The van der Waals surface area contributed by atoms with E-state index in [1.807, 2.05) is 0 Å². The lowest BCUT2D eigenvalue weighted by Crippen LogP contribution is -2.42. The Labute approximate surface area is 133 Å². The van der Waals surface area contributed by atoms with E-state index in [4.69, 9.17) is 0 Å². The Morgan fingerprint density at radius 2 is 2.00 bits per heavy atom. The maximum atomic E-state index is 12.3. The van der Waals surface area contributed by atoms with Crippen LogP contribution in [0.3, 0.4) is 0 Å². The molecule has 2 rings (SSSR count). The molecule has 0 aliphatic carbocycles. The maximum Gasteiger partial charge on any atom is 0.211 e. The summed E-state index contributed by atoms with van der Waals surface area (Å²) in [6.45, 7) is 11.0. The van der Waals surface area contributed by atoms with Gasteiger partial charge >= 0.3 is 0 Å². The van der Waals surface area contributed by atoms with Gasteiger partial charge in [-0.1, -0.05) is 34.6 Å². The van der Waals surface area contributed by atoms with Gasteiger partial charge in [-0.25, -0.2) is 13.1 Å². The van der Waals surface area contributed by atoms with Crippen LogP contribution < -0.4 is 4.72 Å². The molecule has 1 aliphatic heterocycles. The van der Waals surface area contributed by atoms with Gasteiger partial charge in [0.1, 0.15) is 11.6 Å². The van der Waals surface area contributed by atoms with Gasteiger partial charge in [-0.15, -0.1) is 10.2 Å². The summed E-state index contributed by atoms with van der Waals surface area (Å²) in [5, 5.41) is 8.45. The fourth-order valence-corrected chi connectivity index (χ4v) is 4.32. The molecule has 1 unspecified atom stereocenters. The van der Waals surface area contributed by atoms with Crippen LogP contribution in [0.15, 0.2) is 0 Å². The molecule has 22 heavy (non-hydrogen) atoms. The zero-order chi connectivity index (χ0) is 16.5. The highest BCUT2D eigenvalue weighted by atomic mass is 32.2. The Morgan fingerprint density at radius 1 is 1.32 bits per heavy atom. The number of aryl methyl sites for hydroxylation is 1. The van der Waals surface area contributed by atoms with E-state index in [0.717, 1.165) is 24.5 Å². The zero-order valence-corrected chi connectivity index (χ0v) is 15.1. The minimum absolute atomic E-state index is 0.0214. The average Bonchev–Trinajstić information content (AvgIpc) is 2.78. The molecule has 1 aliphatic rings. The Kier molecular flexibility index (Phi) is 4.96. The fourth-order valence-electron chi connectivity index (χ4n) is 2.62. The highest BCUT2D eigenvalue weighted by Gasteiger charge is 2.27. The van der Waals surface area contributed by atoms with Gasteiger partial charge in [0.2, 0.25) is 10.0 Å². The number of rotatable bonds is 5. The molecule has 1 atom stereocenters. The highest BCUT2D eigenvalue weighted by molar-refractivity contribution is 7.89. The first-order valence-electron chi connectivity index (χ1n) is 7.99. The van der Waals surface area contributed by atoms with E-state index in [-0.39, 0.29) is 23.1 Å². The van der Waals surface area contributed by atoms with Crippen LogP contribution in [-0.4, -0.2) is 35.0 Å². The first kappa shape index (κ1) is 17.4. The van der Waals surface area contributed by atoms with Crippen molar-refractivity contribution in [1.82, 2.24) is 19.5 Å². The van der Waals surface area contributed by atoms with Gasteiger partial charge in [-0.2, -0.15) is 0 Å². The maximum absolute atomic E-state index is 12.3. The van der Waals surface area contributed by atoms with E-state index in [0.29, 0.717) is 13.0 Å². The molecule has 0 spiro atoms. The number of fused-ring (bicyclic) bond motifs is 1. The summed E-state index contributed by atoms with van der Waals surface area (Å²) >= 11 is 0. The molecule has 0 aromatic carbocycles. The van der Waals surface area contributed by atoms with Crippen LogP contribution in [0.4, 0.5) is 0 Å². The Balaban J connectivity index is 2.02. The zero-order valence-electron chi connectivity index (χ0n) is 14.3. The first-order chi connectivity index (χ1) is 10.1. The predicted octanol–water partition coefficient (Wildman–Crippen LogP) is 2.07.